The zero-order valence-electron chi connectivity index (χ0n) is 12.6. The number of nitrogens with two attached hydrogens (primary N) is 1. The molecule has 0 aliphatic carbocycles. The van der Waals surface area contributed by atoms with E-state index in [1.807, 2.05) is 13.8 Å². The van der Waals surface area contributed by atoms with E-state index < -0.39 is 10.0 Å². The molecule has 0 atom stereocenters. The lowest BCUT2D eigenvalue weighted by Gasteiger charge is -2.28. The monoisotopic (exact) mass is 366 g/mol. The van der Waals surface area contributed by atoms with Gasteiger partial charge in [-0.1, -0.05) is 25.4 Å². The molecule has 0 radical (unpaired) electrons. The minimum absolute atomic E-state index is 0. The van der Waals surface area contributed by atoms with Crippen LogP contribution in [0.5, 0.6) is 0 Å². The van der Waals surface area contributed by atoms with Gasteiger partial charge in [0.25, 0.3) is 0 Å². The van der Waals surface area contributed by atoms with Gasteiger partial charge in [-0.2, -0.15) is 0 Å². The Labute approximate surface area is 141 Å². The summed E-state index contributed by atoms with van der Waals surface area (Å²) in [6, 6.07) is 1.57. The van der Waals surface area contributed by atoms with E-state index in [2.05, 4.69) is 9.97 Å². The molecule has 0 bridgehead atoms. The van der Waals surface area contributed by atoms with Crippen LogP contribution >= 0.6 is 24.0 Å². The second kappa shape index (κ2) is 6.72. The number of halogens is 2. The summed E-state index contributed by atoms with van der Waals surface area (Å²) >= 11 is 6.11. The van der Waals surface area contributed by atoms with Crippen LogP contribution in [-0.4, -0.2) is 42.8 Å². The summed E-state index contributed by atoms with van der Waals surface area (Å²) in [7, 11) is -2.13. The van der Waals surface area contributed by atoms with E-state index in [-0.39, 0.29) is 22.7 Å². The van der Waals surface area contributed by atoms with Crippen molar-refractivity contribution in [2.75, 3.05) is 20.1 Å². The molecule has 0 fully saturated rings. The number of H-pyrrole nitrogens is 1. The van der Waals surface area contributed by atoms with Crippen molar-refractivity contribution in [2.45, 2.75) is 18.7 Å². The van der Waals surface area contributed by atoms with Crippen LogP contribution in [0.1, 0.15) is 13.8 Å². The molecule has 124 valence electrons. The molecule has 2 aromatic rings. The maximum atomic E-state index is 12.7. The van der Waals surface area contributed by atoms with E-state index in [4.69, 9.17) is 17.3 Å². The third-order valence-electron chi connectivity index (χ3n) is 3.38. The number of nitrogens with zero attached hydrogens (tertiary/aromatic N) is 2. The number of sulfonamides is 1. The number of aromatic amines is 1. The number of pyridine rings is 1. The Hall–Kier alpha value is -0.860. The molecular formula is C13H20Cl2N4O2S. The summed E-state index contributed by atoms with van der Waals surface area (Å²) in [6.45, 7) is 4.55. The van der Waals surface area contributed by atoms with Crippen LogP contribution < -0.4 is 5.73 Å². The van der Waals surface area contributed by atoms with E-state index in [1.54, 1.807) is 6.07 Å². The maximum Gasteiger partial charge on any atom is 0.245 e. The molecule has 0 aliphatic rings. The molecule has 2 heterocycles. The highest BCUT2D eigenvalue weighted by molar-refractivity contribution is 7.89. The Kier molecular flexibility index (Phi) is 5.86. The molecule has 0 unspecified atom stereocenters. The van der Waals surface area contributed by atoms with Gasteiger partial charge in [-0.05, 0) is 18.0 Å². The van der Waals surface area contributed by atoms with Crippen LogP contribution in [0, 0.1) is 5.41 Å². The summed E-state index contributed by atoms with van der Waals surface area (Å²) in [4.78, 5) is 7.05. The van der Waals surface area contributed by atoms with E-state index in [0.29, 0.717) is 29.1 Å². The van der Waals surface area contributed by atoms with Crippen LogP contribution in [0.25, 0.3) is 11.0 Å². The number of hydrogen-bond donors (Lipinski definition) is 2. The number of rotatable bonds is 5. The molecule has 2 aromatic heterocycles. The smallest absolute Gasteiger partial charge is 0.245 e. The third kappa shape index (κ3) is 3.55. The molecule has 0 aromatic carbocycles. The molecule has 0 spiro atoms. The normalized spacial score (nSPS) is 12.6. The van der Waals surface area contributed by atoms with Gasteiger partial charge in [0, 0.05) is 26.0 Å². The van der Waals surface area contributed by atoms with Crippen molar-refractivity contribution in [3.05, 3.63) is 23.5 Å². The van der Waals surface area contributed by atoms with Crippen LogP contribution in [-0.2, 0) is 10.0 Å². The van der Waals surface area contributed by atoms with Gasteiger partial charge in [-0.3, -0.25) is 0 Å². The first-order valence-corrected chi connectivity index (χ1v) is 8.29. The van der Waals surface area contributed by atoms with Crippen LogP contribution in [0.15, 0.2) is 23.4 Å². The van der Waals surface area contributed by atoms with Gasteiger partial charge in [-0.25, -0.2) is 17.7 Å². The molecule has 6 nitrogen and oxygen atoms in total. The predicted octanol–water partition coefficient (Wildman–Crippen LogP) is 2.24. The van der Waals surface area contributed by atoms with Gasteiger partial charge in [0.05, 0.1) is 10.4 Å². The average molecular weight is 367 g/mol. The first-order chi connectivity index (χ1) is 9.69. The zero-order valence-corrected chi connectivity index (χ0v) is 15.0. The van der Waals surface area contributed by atoms with Crippen molar-refractivity contribution >= 4 is 45.1 Å². The van der Waals surface area contributed by atoms with Crippen molar-refractivity contribution in [1.82, 2.24) is 14.3 Å². The zero-order chi connectivity index (χ0) is 15.8. The van der Waals surface area contributed by atoms with Gasteiger partial charge in [-0.15, -0.1) is 12.4 Å². The largest absolute Gasteiger partial charge is 0.345 e. The molecular weight excluding hydrogens is 347 g/mol. The Morgan fingerprint density at radius 2 is 2.09 bits per heavy atom. The highest BCUT2D eigenvalue weighted by atomic mass is 35.5. The van der Waals surface area contributed by atoms with Gasteiger partial charge < -0.3 is 10.7 Å². The second-order valence-corrected chi connectivity index (χ2v) is 8.22. The topological polar surface area (TPSA) is 92.1 Å². The van der Waals surface area contributed by atoms with Gasteiger partial charge in [0.2, 0.25) is 10.0 Å². The Morgan fingerprint density at radius 1 is 1.45 bits per heavy atom. The first-order valence-electron chi connectivity index (χ1n) is 6.47. The molecule has 0 aliphatic heterocycles. The Bertz CT molecular complexity index is 758. The minimum atomic E-state index is -3.67. The summed E-state index contributed by atoms with van der Waals surface area (Å²) in [5, 5.41) is 0.767. The fourth-order valence-electron chi connectivity index (χ4n) is 2.11. The van der Waals surface area contributed by atoms with Crippen molar-refractivity contribution < 1.29 is 8.42 Å². The summed E-state index contributed by atoms with van der Waals surface area (Å²) < 4.78 is 26.8. The van der Waals surface area contributed by atoms with Gasteiger partial charge >= 0.3 is 0 Å². The van der Waals surface area contributed by atoms with Crippen molar-refractivity contribution in [3.63, 3.8) is 0 Å². The molecule has 0 saturated carbocycles. The molecule has 9 heteroatoms. The number of aromatic nitrogens is 2. The maximum absolute atomic E-state index is 12.7. The highest BCUT2D eigenvalue weighted by Gasteiger charge is 2.30. The van der Waals surface area contributed by atoms with Crippen molar-refractivity contribution in [3.8, 4) is 0 Å². The van der Waals surface area contributed by atoms with Crippen molar-refractivity contribution in [2.24, 2.45) is 11.1 Å². The summed E-state index contributed by atoms with van der Waals surface area (Å²) in [5.74, 6) is 0. The van der Waals surface area contributed by atoms with Gasteiger partial charge in [0.1, 0.15) is 10.5 Å². The lowest BCUT2D eigenvalue weighted by Crippen LogP contribution is -2.39. The standard InChI is InChI=1S/C13H19ClN4O2S.ClH/c1-13(2,7-15)8-18(3)21(19,20)10-6-17-12-11(10)9(14)4-5-16-12;/h4-6H,7-8,15H2,1-3H3,(H,16,17);1H. The Balaban J connectivity index is 0.00000242. The molecule has 22 heavy (non-hydrogen) atoms. The van der Waals surface area contributed by atoms with Crippen LogP contribution in [0.2, 0.25) is 5.02 Å². The molecule has 0 amide bonds. The van der Waals surface area contributed by atoms with E-state index in [0.717, 1.165) is 0 Å². The highest BCUT2D eigenvalue weighted by Crippen LogP contribution is 2.30. The van der Waals surface area contributed by atoms with E-state index >= 15 is 0 Å². The first kappa shape index (κ1) is 19.2. The SMILES string of the molecule is CN(CC(C)(C)CN)S(=O)(=O)c1c[nH]c2nccc(Cl)c12.Cl. The fourth-order valence-corrected chi connectivity index (χ4v) is 3.94. The van der Waals surface area contributed by atoms with Crippen LogP contribution in [0.3, 0.4) is 0 Å². The predicted molar refractivity (Wildman–Crippen MR) is 91.0 cm³/mol. The van der Waals surface area contributed by atoms with E-state index in [1.165, 1.54) is 23.7 Å². The molecule has 0 saturated heterocycles. The number of nitrogens with one attached hydrogen (secondary N) is 1. The second-order valence-electron chi connectivity index (χ2n) is 5.80. The van der Waals surface area contributed by atoms with Crippen LogP contribution in [0.4, 0.5) is 0 Å². The fraction of sp³-hybridized carbons (Fsp3) is 0.462. The number of hydrogen-bond acceptors (Lipinski definition) is 4. The van der Waals surface area contributed by atoms with Gasteiger partial charge in [0.15, 0.2) is 0 Å². The van der Waals surface area contributed by atoms with Crippen molar-refractivity contribution in [1.29, 1.82) is 0 Å². The lowest BCUT2D eigenvalue weighted by atomic mass is 9.94. The lowest BCUT2D eigenvalue weighted by molar-refractivity contribution is 0.292. The molecule has 3 N–H and O–H groups in total. The summed E-state index contributed by atoms with van der Waals surface area (Å²) in [6.07, 6.45) is 2.95. The average Bonchev–Trinajstić information content (AvgIpc) is 2.84. The Morgan fingerprint density at radius 3 is 2.68 bits per heavy atom. The quantitative estimate of drug-likeness (QED) is 0.848. The summed E-state index contributed by atoms with van der Waals surface area (Å²) in [5.41, 5.74) is 5.81. The molecule has 2 rings (SSSR count). The third-order valence-corrected chi connectivity index (χ3v) is 5.52. The van der Waals surface area contributed by atoms with E-state index in [9.17, 15) is 8.42 Å². The number of fused-ring (bicyclic) bond motifs is 1. The minimum Gasteiger partial charge on any atom is -0.345 e.